The number of rotatable bonds is 2. The number of hydrogen-bond donors (Lipinski definition) is 1. The molecule has 1 nitrogen and oxygen atoms in total. The predicted octanol–water partition coefficient (Wildman–Crippen LogP) is 3.70. The molecule has 0 aromatic heterocycles. The van der Waals surface area contributed by atoms with Gasteiger partial charge in [0.1, 0.15) is 5.82 Å². The van der Waals surface area contributed by atoms with Gasteiger partial charge in [-0.05, 0) is 60.3 Å². The molecule has 3 rings (SSSR count). The number of fused-ring (bicyclic) bond motifs is 1. The predicted molar refractivity (Wildman–Crippen MR) is 72.0 cm³/mol. The lowest BCUT2D eigenvalue weighted by Crippen LogP contribution is -2.12. The minimum Gasteiger partial charge on any atom is -0.313 e. The molecule has 0 bridgehead atoms. The highest BCUT2D eigenvalue weighted by Gasteiger charge is 2.21. The molecule has 1 unspecified atom stereocenters. The van der Waals surface area contributed by atoms with E-state index in [4.69, 9.17) is 0 Å². The Bertz CT molecular complexity index is 577. The monoisotopic (exact) mass is 241 g/mol. The average Bonchev–Trinajstić information content (AvgIpc) is 2.80. The molecule has 2 aromatic rings. The van der Waals surface area contributed by atoms with Crippen LogP contribution in [0, 0.1) is 5.82 Å². The maximum Gasteiger partial charge on any atom is 0.123 e. The highest BCUT2D eigenvalue weighted by Crippen LogP contribution is 2.34. The molecular formula is C16H16FN. The highest BCUT2D eigenvalue weighted by molar-refractivity contribution is 5.65. The van der Waals surface area contributed by atoms with Crippen molar-refractivity contribution in [2.24, 2.45) is 0 Å². The van der Waals surface area contributed by atoms with Crippen molar-refractivity contribution in [3.05, 3.63) is 59.4 Å². The Balaban J connectivity index is 2.05. The van der Waals surface area contributed by atoms with Gasteiger partial charge in [0.15, 0.2) is 0 Å². The minimum atomic E-state index is -0.182. The summed E-state index contributed by atoms with van der Waals surface area (Å²) in [5, 5.41) is 3.34. The van der Waals surface area contributed by atoms with Crippen LogP contribution in [0.3, 0.4) is 0 Å². The van der Waals surface area contributed by atoms with Crippen LogP contribution in [0.1, 0.15) is 23.6 Å². The molecule has 2 aromatic carbocycles. The lowest BCUT2D eigenvalue weighted by atomic mass is 9.99. The van der Waals surface area contributed by atoms with Crippen LogP contribution in [0.15, 0.2) is 42.5 Å². The fourth-order valence-corrected chi connectivity index (χ4v) is 2.75. The summed E-state index contributed by atoms with van der Waals surface area (Å²) in [6.45, 7) is 0. The molecule has 0 saturated heterocycles. The quantitative estimate of drug-likeness (QED) is 0.845. The molecule has 0 radical (unpaired) electrons. The highest BCUT2D eigenvalue weighted by atomic mass is 19.1. The van der Waals surface area contributed by atoms with Gasteiger partial charge in [0.2, 0.25) is 0 Å². The number of halogens is 1. The van der Waals surface area contributed by atoms with E-state index in [1.807, 2.05) is 13.1 Å². The van der Waals surface area contributed by atoms with E-state index in [1.54, 1.807) is 12.1 Å². The Morgan fingerprint density at radius 2 is 1.94 bits per heavy atom. The lowest BCUT2D eigenvalue weighted by Gasteiger charge is -2.11. The van der Waals surface area contributed by atoms with E-state index < -0.39 is 0 Å². The lowest BCUT2D eigenvalue weighted by molar-refractivity contribution is 0.590. The molecule has 18 heavy (non-hydrogen) atoms. The van der Waals surface area contributed by atoms with Crippen molar-refractivity contribution in [3.63, 3.8) is 0 Å². The van der Waals surface area contributed by atoms with Crippen molar-refractivity contribution in [1.82, 2.24) is 5.32 Å². The molecule has 1 atom stereocenters. The first-order valence-electron chi connectivity index (χ1n) is 6.34. The van der Waals surface area contributed by atoms with Gasteiger partial charge in [0.05, 0.1) is 0 Å². The largest absolute Gasteiger partial charge is 0.313 e. The SMILES string of the molecule is CNC1CCc2ccc(-c3cccc(F)c3)cc21. The van der Waals surface area contributed by atoms with Gasteiger partial charge in [-0.3, -0.25) is 0 Å². The summed E-state index contributed by atoms with van der Waals surface area (Å²) in [6, 6.07) is 13.7. The first-order chi connectivity index (χ1) is 8.78. The molecule has 1 N–H and O–H groups in total. The van der Waals surface area contributed by atoms with Gasteiger partial charge in [0.25, 0.3) is 0 Å². The van der Waals surface area contributed by atoms with Crippen molar-refractivity contribution in [2.45, 2.75) is 18.9 Å². The fourth-order valence-electron chi connectivity index (χ4n) is 2.75. The topological polar surface area (TPSA) is 12.0 Å². The van der Waals surface area contributed by atoms with Crippen LogP contribution >= 0.6 is 0 Å². The zero-order valence-electron chi connectivity index (χ0n) is 10.4. The van der Waals surface area contributed by atoms with E-state index in [2.05, 4.69) is 23.5 Å². The number of nitrogens with one attached hydrogen (secondary N) is 1. The number of benzene rings is 2. The second-order valence-electron chi connectivity index (χ2n) is 4.80. The molecule has 0 amide bonds. The molecule has 0 fully saturated rings. The smallest absolute Gasteiger partial charge is 0.123 e. The Hall–Kier alpha value is -1.67. The van der Waals surface area contributed by atoms with E-state index in [-0.39, 0.29) is 5.82 Å². The first kappa shape index (κ1) is 11.4. The van der Waals surface area contributed by atoms with Gasteiger partial charge >= 0.3 is 0 Å². The normalized spacial score (nSPS) is 17.8. The van der Waals surface area contributed by atoms with Gasteiger partial charge in [-0.25, -0.2) is 4.39 Å². The third kappa shape index (κ3) is 1.93. The number of hydrogen-bond acceptors (Lipinski definition) is 1. The maximum absolute atomic E-state index is 13.3. The summed E-state index contributed by atoms with van der Waals surface area (Å²) in [4.78, 5) is 0. The molecular weight excluding hydrogens is 225 g/mol. The van der Waals surface area contributed by atoms with Gasteiger partial charge in [-0.1, -0.05) is 24.3 Å². The van der Waals surface area contributed by atoms with Crippen LogP contribution in [-0.2, 0) is 6.42 Å². The van der Waals surface area contributed by atoms with Crippen LogP contribution in [0.25, 0.3) is 11.1 Å². The van der Waals surface area contributed by atoms with E-state index in [1.165, 1.54) is 17.2 Å². The van der Waals surface area contributed by atoms with Crippen LogP contribution in [-0.4, -0.2) is 7.05 Å². The summed E-state index contributed by atoms with van der Waals surface area (Å²) in [5.41, 5.74) is 4.81. The maximum atomic E-state index is 13.3. The third-order valence-corrected chi connectivity index (χ3v) is 3.73. The summed E-state index contributed by atoms with van der Waals surface area (Å²) < 4.78 is 13.3. The van der Waals surface area contributed by atoms with E-state index in [0.717, 1.165) is 24.0 Å². The van der Waals surface area contributed by atoms with Crippen LogP contribution in [0.2, 0.25) is 0 Å². The van der Waals surface area contributed by atoms with E-state index >= 15 is 0 Å². The third-order valence-electron chi connectivity index (χ3n) is 3.73. The van der Waals surface area contributed by atoms with Crippen LogP contribution in [0.4, 0.5) is 4.39 Å². The zero-order valence-corrected chi connectivity index (χ0v) is 10.4. The molecule has 0 saturated carbocycles. The van der Waals surface area contributed by atoms with Gasteiger partial charge < -0.3 is 5.32 Å². The Labute approximate surface area is 107 Å². The van der Waals surface area contributed by atoms with Crippen LogP contribution < -0.4 is 5.32 Å². The molecule has 1 aliphatic carbocycles. The van der Waals surface area contributed by atoms with Gasteiger partial charge in [0, 0.05) is 6.04 Å². The summed E-state index contributed by atoms with van der Waals surface area (Å²) in [7, 11) is 1.99. The molecule has 2 heteroatoms. The molecule has 92 valence electrons. The summed E-state index contributed by atoms with van der Waals surface area (Å²) in [6.07, 6.45) is 2.28. The second kappa shape index (κ2) is 4.54. The first-order valence-corrected chi connectivity index (χ1v) is 6.34. The Morgan fingerprint density at radius 1 is 1.11 bits per heavy atom. The molecule has 0 aliphatic heterocycles. The average molecular weight is 241 g/mol. The van der Waals surface area contributed by atoms with Gasteiger partial charge in [-0.15, -0.1) is 0 Å². The van der Waals surface area contributed by atoms with Crippen molar-refractivity contribution < 1.29 is 4.39 Å². The molecule has 0 spiro atoms. The van der Waals surface area contributed by atoms with Crippen molar-refractivity contribution in [2.75, 3.05) is 7.05 Å². The van der Waals surface area contributed by atoms with Gasteiger partial charge in [-0.2, -0.15) is 0 Å². The standard InChI is InChI=1S/C16H16FN/c1-18-16-8-7-11-5-6-13(10-15(11)16)12-3-2-4-14(17)9-12/h2-6,9-10,16,18H,7-8H2,1H3. The molecule has 1 aliphatic rings. The van der Waals surface area contributed by atoms with Crippen molar-refractivity contribution in [3.8, 4) is 11.1 Å². The van der Waals surface area contributed by atoms with Crippen molar-refractivity contribution >= 4 is 0 Å². The summed E-state index contributed by atoms with van der Waals surface area (Å²) >= 11 is 0. The molecule has 0 heterocycles. The van der Waals surface area contributed by atoms with Crippen molar-refractivity contribution in [1.29, 1.82) is 0 Å². The zero-order chi connectivity index (χ0) is 12.5. The summed E-state index contributed by atoms with van der Waals surface area (Å²) in [5.74, 6) is -0.182. The Kier molecular flexibility index (Phi) is 2.88. The van der Waals surface area contributed by atoms with Crippen LogP contribution in [0.5, 0.6) is 0 Å². The van der Waals surface area contributed by atoms with E-state index in [0.29, 0.717) is 6.04 Å². The Morgan fingerprint density at radius 3 is 2.72 bits per heavy atom. The fraction of sp³-hybridized carbons (Fsp3) is 0.250. The minimum absolute atomic E-state index is 0.182. The number of aryl methyl sites for hydroxylation is 1. The van der Waals surface area contributed by atoms with E-state index in [9.17, 15) is 4.39 Å². The second-order valence-corrected chi connectivity index (χ2v) is 4.80.